The first-order chi connectivity index (χ1) is 6.79. The molecule has 0 aliphatic carbocycles. The van der Waals surface area contributed by atoms with Crippen molar-refractivity contribution < 1.29 is 0 Å². The fourth-order valence-electron chi connectivity index (χ4n) is 1.34. The summed E-state index contributed by atoms with van der Waals surface area (Å²) < 4.78 is 2.06. The lowest BCUT2D eigenvalue weighted by Gasteiger charge is -2.03. The van der Waals surface area contributed by atoms with E-state index in [1.807, 2.05) is 31.7 Å². The molecule has 5 heteroatoms. The van der Waals surface area contributed by atoms with Crippen LogP contribution in [0.25, 0.3) is 0 Å². The summed E-state index contributed by atoms with van der Waals surface area (Å²) in [6, 6.07) is 0. The van der Waals surface area contributed by atoms with Gasteiger partial charge in [-0.05, 0) is 6.92 Å². The number of anilines is 1. The van der Waals surface area contributed by atoms with Crippen LogP contribution >= 0.6 is 11.3 Å². The average molecular weight is 208 g/mol. The van der Waals surface area contributed by atoms with Crippen molar-refractivity contribution in [2.45, 2.75) is 13.5 Å². The van der Waals surface area contributed by atoms with Gasteiger partial charge in [0.1, 0.15) is 5.01 Å². The zero-order valence-corrected chi connectivity index (χ0v) is 9.01. The maximum Gasteiger partial charge on any atom is 0.203 e. The van der Waals surface area contributed by atoms with E-state index in [9.17, 15) is 0 Å². The van der Waals surface area contributed by atoms with Crippen molar-refractivity contribution >= 4 is 17.3 Å². The van der Waals surface area contributed by atoms with E-state index in [1.165, 1.54) is 0 Å². The zero-order chi connectivity index (χ0) is 9.97. The van der Waals surface area contributed by atoms with Crippen LogP contribution in [0, 0.1) is 6.92 Å². The van der Waals surface area contributed by atoms with E-state index in [0.29, 0.717) is 0 Å². The maximum absolute atomic E-state index is 4.34. The van der Waals surface area contributed by atoms with Crippen LogP contribution in [0.15, 0.2) is 17.8 Å². The summed E-state index contributed by atoms with van der Waals surface area (Å²) in [4.78, 5) is 8.58. The molecule has 0 saturated carbocycles. The molecule has 74 valence electrons. The lowest BCUT2D eigenvalue weighted by molar-refractivity contribution is 0.797. The number of rotatable bonds is 3. The van der Waals surface area contributed by atoms with Crippen molar-refractivity contribution in [2.24, 2.45) is 0 Å². The molecular formula is C9H12N4S. The van der Waals surface area contributed by atoms with Crippen LogP contribution in [0.2, 0.25) is 0 Å². The van der Waals surface area contributed by atoms with E-state index in [0.717, 1.165) is 23.2 Å². The summed E-state index contributed by atoms with van der Waals surface area (Å²) in [6.45, 7) is 2.77. The van der Waals surface area contributed by atoms with Crippen LogP contribution in [0.1, 0.15) is 10.7 Å². The van der Waals surface area contributed by atoms with Crippen molar-refractivity contribution in [1.29, 1.82) is 0 Å². The van der Waals surface area contributed by atoms with Gasteiger partial charge in [-0.3, -0.25) is 0 Å². The lowest BCUT2D eigenvalue weighted by Crippen LogP contribution is -2.03. The molecule has 0 spiro atoms. The number of aryl methyl sites for hydroxylation is 1. The quantitative estimate of drug-likeness (QED) is 0.835. The van der Waals surface area contributed by atoms with E-state index < -0.39 is 0 Å². The van der Waals surface area contributed by atoms with E-state index >= 15 is 0 Å². The Hall–Kier alpha value is -1.36. The summed E-state index contributed by atoms with van der Waals surface area (Å²) in [5.41, 5.74) is 1.02. The van der Waals surface area contributed by atoms with Crippen molar-refractivity contribution in [2.75, 3.05) is 12.4 Å². The minimum Gasteiger partial charge on any atom is -0.359 e. The Bertz CT molecular complexity index is 404. The van der Waals surface area contributed by atoms with Gasteiger partial charge in [-0.15, -0.1) is 11.3 Å². The van der Waals surface area contributed by atoms with Gasteiger partial charge in [0.2, 0.25) is 5.95 Å². The Balaban J connectivity index is 2.23. The smallest absolute Gasteiger partial charge is 0.203 e. The third-order valence-electron chi connectivity index (χ3n) is 1.91. The molecule has 2 heterocycles. The van der Waals surface area contributed by atoms with Crippen molar-refractivity contribution in [3.05, 3.63) is 28.5 Å². The van der Waals surface area contributed by atoms with Crippen molar-refractivity contribution in [3.8, 4) is 0 Å². The molecule has 0 fully saturated rings. The van der Waals surface area contributed by atoms with Crippen LogP contribution in [0.3, 0.4) is 0 Å². The topological polar surface area (TPSA) is 42.7 Å². The molecule has 0 aromatic carbocycles. The third-order valence-corrected chi connectivity index (χ3v) is 2.67. The number of nitrogens with zero attached hydrogens (tertiary/aromatic N) is 3. The largest absolute Gasteiger partial charge is 0.359 e. The number of thiazole rings is 1. The van der Waals surface area contributed by atoms with E-state index in [4.69, 9.17) is 0 Å². The van der Waals surface area contributed by atoms with Crippen LogP contribution in [-0.4, -0.2) is 21.6 Å². The summed E-state index contributed by atoms with van der Waals surface area (Å²) in [6.07, 6.45) is 3.84. The zero-order valence-electron chi connectivity index (χ0n) is 8.19. The molecule has 0 aliphatic heterocycles. The molecular weight excluding hydrogens is 196 g/mol. The summed E-state index contributed by atoms with van der Waals surface area (Å²) in [7, 11) is 1.88. The van der Waals surface area contributed by atoms with Gasteiger partial charge in [-0.2, -0.15) is 0 Å². The molecule has 2 rings (SSSR count). The molecule has 0 amide bonds. The van der Waals surface area contributed by atoms with Gasteiger partial charge in [0.15, 0.2) is 0 Å². The number of imidazole rings is 1. The molecule has 0 aliphatic rings. The van der Waals surface area contributed by atoms with Crippen LogP contribution in [0.4, 0.5) is 5.95 Å². The summed E-state index contributed by atoms with van der Waals surface area (Å²) in [5, 5.41) is 6.14. The van der Waals surface area contributed by atoms with Crippen LogP contribution in [0.5, 0.6) is 0 Å². The van der Waals surface area contributed by atoms with Gasteiger partial charge in [-0.1, -0.05) is 0 Å². The van der Waals surface area contributed by atoms with E-state index in [2.05, 4.69) is 19.9 Å². The lowest BCUT2D eigenvalue weighted by atomic mass is 10.5. The Morgan fingerprint density at radius 2 is 2.43 bits per heavy atom. The van der Waals surface area contributed by atoms with E-state index in [1.54, 1.807) is 11.3 Å². The SMILES string of the molecule is CNc1nc(C)cn1Cc1nccs1. The van der Waals surface area contributed by atoms with Gasteiger partial charge >= 0.3 is 0 Å². The number of hydrogen-bond acceptors (Lipinski definition) is 4. The van der Waals surface area contributed by atoms with Crippen LogP contribution < -0.4 is 5.32 Å². The minimum absolute atomic E-state index is 0.786. The van der Waals surface area contributed by atoms with Gasteiger partial charge in [0.05, 0.1) is 12.2 Å². The Morgan fingerprint density at radius 3 is 3.07 bits per heavy atom. The van der Waals surface area contributed by atoms with Crippen molar-refractivity contribution in [3.63, 3.8) is 0 Å². The molecule has 0 atom stereocenters. The highest BCUT2D eigenvalue weighted by Crippen LogP contribution is 2.12. The first kappa shape index (κ1) is 9.21. The van der Waals surface area contributed by atoms with Gasteiger partial charge in [-0.25, -0.2) is 9.97 Å². The van der Waals surface area contributed by atoms with Crippen molar-refractivity contribution in [1.82, 2.24) is 14.5 Å². The minimum atomic E-state index is 0.786. The molecule has 2 aromatic heterocycles. The van der Waals surface area contributed by atoms with Gasteiger partial charge < -0.3 is 9.88 Å². The normalized spacial score (nSPS) is 10.4. The number of hydrogen-bond donors (Lipinski definition) is 1. The molecule has 0 radical (unpaired) electrons. The summed E-state index contributed by atoms with van der Waals surface area (Å²) in [5.74, 6) is 0.887. The van der Waals surface area contributed by atoms with E-state index in [-0.39, 0.29) is 0 Å². The Morgan fingerprint density at radius 1 is 1.57 bits per heavy atom. The average Bonchev–Trinajstić information content (AvgIpc) is 2.76. The molecule has 0 bridgehead atoms. The van der Waals surface area contributed by atoms with Gasteiger partial charge in [0.25, 0.3) is 0 Å². The third kappa shape index (κ3) is 1.77. The maximum atomic E-state index is 4.34. The predicted octanol–water partition coefficient (Wildman–Crippen LogP) is 1.74. The predicted molar refractivity (Wildman–Crippen MR) is 57.7 cm³/mol. The first-order valence-corrected chi connectivity index (χ1v) is 5.27. The second-order valence-corrected chi connectivity index (χ2v) is 3.99. The molecule has 14 heavy (non-hydrogen) atoms. The molecule has 2 aromatic rings. The molecule has 0 unspecified atom stereocenters. The van der Waals surface area contributed by atoms with Gasteiger partial charge in [0, 0.05) is 24.8 Å². The first-order valence-electron chi connectivity index (χ1n) is 4.39. The molecule has 0 saturated heterocycles. The molecule has 4 nitrogen and oxygen atoms in total. The Kier molecular flexibility index (Phi) is 2.49. The highest BCUT2D eigenvalue weighted by molar-refractivity contribution is 7.09. The monoisotopic (exact) mass is 208 g/mol. The number of nitrogens with one attached hydrogen (secondary N) is 1. The summed E-state index contributed by atoms with van der Waals surface area (Å²) >= 11 is 1.66. The second-order valence-electron chi connectivity index (χ2n) is 3.01. The highest BCUT2D eigenvalue weighted by Gasteiger charge is 2.04. The van der Waals surface area contributed by atoms with Crippen LogP contribution in [-0.2, 0) is 6.54 Å². The molecule has 1 N–H and O–H groups in total. The Labute approximate surface area is 86.6 Å². The fourth-order valence-corrected chi connectivity index (χ4v) is 1.96. The fraction of sp³-hybridized carbons (Fsp3) is 0.333. The standard InChI is InChI=1S/C9H12N4S/c1-7-5-13(9(10-2)12-7)6-8-11-3-4-14-8/h3-5H,6H2,1-2H3,(H,10,12). The number of aromatic nitrogens is 3. The highest BCUT2D eigenvalue weighted by atomic mass is 32.1. The second kappa shape index (κ2) is 3.79.